The maximum Gasteiger partial charge on any atom is 0.155 e. The van der Waals surface area contributed by atoms with Gasteiger partial charge in [0.1, 0.15) is 11.5 Å². The first-order valence-corrected chi connectivity index (χ1v) is 17.2. The summed E-state index contributed by atoms with van der Waals surface area (Å²) in [5.74, 6) is 4.36. The van der Waals surface area contributed by atoms with Gasteiger partial charge in [0.25, 0.3) is 0 Å². The Hall–Kier alpha value is -5.79. The van der Waals surface area contributed by atoms with Crippen LogP contribution in [0.5, 0.6) is 23.0 Å². The molecule has 5 aromatic rings. The third-order valence-corrected chi connectivity index (χ3v) is 10.9. The van der Waals surface area contributed by atoms with Crippen LogP contribution in [0, 0.1) is 0 Å². The van der Waals surface area contributed by atoms with Crippen LogP contribution >= 0.6 is 11.8 Å². The Labute approximate surface area is 282 Å². The van der Waals surface area contributed by atoms with Crippen molar-refractivity contribution in [3.63, 3.8) is 0 Å². The van der Waals surface area contributed by atoms with E-state index in [2.05, 4.69) is 123 Å². The van der Waals surface area contributed by atoms with Gasteiger partial charge in [-0.15, -0.1) is 0 Å². The molecule has 0 spiro atoms. The summed E-state index contributed by atoms with van der Waals surface area (Å²) < 4.78 is 13.0. The fraction of sp³-hybridized carbons (Fsp3) is 0.0732. The normalized spacial score (nSPS) is 19.0. The summed E-state index contributed by atoms with van der Waals surface area (Å²) in [5, 5.41) is 4.03. The zero-order valence-electron chi connectivity index (χ0n) is 25.8. The van der Waals surface area contributed by atoms with E-state index < -0.39 is 0 Å². The largest absolute Gasteiger partial charge is 0.453 e. The van der Waals surface area contributed by atoms with Gasteiger partial charge < -0.3 is 19.7 Å². The Morgan fingerprint density at radius 3 is 2.23 bits per heavy atom. The summed E-state index contributed by atoms with van der Waals surface area (Å²) in [6.07, 6.45) is 9.26. The highest BCUT2D eigenvalue weighted by Gasteiger charge is 2.44. The lowest BCUT2D eigenvalue weighted by Crippen LogP contribution is -2.41. The number of hydrogen-bond acceptors (Lipinski definition) is 7. The van der Waals surface area contributed by atoms with Crippen molar-refractivity contribution in [2.75, 3.05) is 14.7 Å². The summed E-state index contributed by atoms with van der Waals surface area (Å²) in [6.45, 7) is 0. The maximum absolute atomic E-state index is 6.66. The standard InChI is InChI=1S/C41H28N4O2S/c1-2-11-25(12-3-1)44-31-16-7-9-20-37(31)48-38-24-32-39(42-41(38)44)27-13-4-5-14-28(27)43(32)26-21-22-30-36(23-26)47-35-19-10-18-34-40(35)45(30)29-15-6-8-17-33(29)46-34/h1-3,6-24,39,42H,4-5H2. The molecule has 0 saturated carbocycles. The molecule has 5 aliphatic heterocycles. The average molecular weight is 641 g/mol. The quantitative estimate of drug-likeness (QED) is 0.202. The second kappa shape index (κ2) is 9.86. The van der Waals surface area contributed by atoms with Crippen molar-refractivity contribution in [2.24, 2.45) is 0 Å². The van der Waals surface area contributed by atoms with Crippen molar-refractivity contribution in [1.82, 2.24) is 5.32 Å². The summed E-state index contributed by atoms with van der Waals surface area (Å²) in [5.41, 5.74) is 10.2. The molecule has 1 saturated heterocycles. The first kappa shape index (κ1) is 26.3. The van der Waals surface area contributed by atoms with E-state index in [0.717, 1.165) is 70.1 Å². The third kappa shape index (κ3) is 3.65. The van der Waals surface area contributed by atoms with Gasteiger partial charge in [-0.2, -0.15) is 0 Å². The SMILES string of the molecule is C1=C2C(=CCC1)N(c1ccc3c(c1)Oc1cccc4c1N3c1ccccc1O4)C1=CC3=C(NC21)N(c1ccccc1)c1ccccc1S3. The molecule has 48 heavy (non-hydrogen) atoms. The van der Waals surface area contributed by atoms with Crippen LogP contribution < -0.4 is 29.5 Å². The Balaban J connectivity index is 1.06. The van der Waals surface area contributed by atoms with E-state index in [1.165, 1.54) is 32.5 Å². The van der Waals surface area contributed by atoms with E-state index in [1.54, 1.807) is 0 Å². The van der Waals surface area contributed by atoms with Gasteiger partial charge in [0.15, 0.2) is 23.0 Å². The third-order valence-electron chi connectivity index (χ3n) is 9.80. The number of allylic oxidation sites excluding steroid dienone is 3. The number of ether oxygens (including phenoxy) is 2. The minimum absolute atomic E-state index is 0.0266. The Morgan fingerprint density at radius 1 is 0.604 bits per heavy atom. The van der Waals surface area contributed by atoms with Gasteiger partial charge in [-0.3, -0.25) is 9.80 Å². The van der Waals surface area contributed by atoms with Gasteiger partial charge in [0, 0.05) is 33.6 Å². The Bertz CT molecular complexity index is 2340. The molecule has 11 rings (SSSR count). The molecule has 7 heteroatoms. The van der Waals surface area contributed by atoms with Crippen molar-refractivity contribution in [3.8, 4) is 23.0 Å². The van der Waals surface area contributed by atoms with Crippen molar-refractivity contribution >= 4 is 45.9 Å². The lowest BCUT2D eigenvalue weighted by Gasteiger charge is -2.39. The van der Waals surface area contributed by atoms with Crippen LogP contribution in [-0.4, -0.2) is 6.04 Å². The van der Waals surface area contributed by atoms with Crippen LogP contribution in [0.25, 0.3) is 0 Å². The summed E-state index contributed by atoms with van der Waals surface area (Å²) in [7, 11) is 0. The van der Waals surface area contributed by atoms with Crippen molar-refractivity contribution in [2.45, 2.75) is 23.8 Å². The van der Waals surface area contributed by atoms with Gasteiger partial charge in [-0.05, 0) is 79.6 Å². The van der Waals surface area contributed by atoms with E-state index in [-0.39, 0.29) is 6.04 Å². The van der Waals surface area contributed by atoms with E-state index in [4.69, 9.17) is 9.47 Å². The number of hydrogen-bond donors (Lipinski definition) is 1. The van der Waals surface area contributed by atoms with Gasteiger partial charge in [-0.25, -0.2) is 0 Å². The molecule has 6 nitrogen and oxygen atoms in total. The van der Waals surface area contributed by atoms with Crippen molar-refractivity contribution < 1.29 is 9.47 Å². The number of fused-ring (bicyclic) bond motifs is 8. The molecule has 0 amide bonds. The summed E-state index contributed by atoms with van der Waals surface area (Å²) >= 11 is 1.83. The summed E-state index contributed by atoms with van der Waals surface area (Å²) in [4.78, 5) is 9.53. The molecule has 5 heterocycles. The smallest absolute Gasteiger partial charge is 0.155 e. The predicted octanol–water partition coefficient (Wildman–Crippen LogP) is 10.8. The van der Waals surface area contributed by atoms with Gasteiger partial charge >= 0.3 is 0 Å². The average Bonchev–Trinajstić information content (AvgIpc) is 3.46. The highest BCUT2D eigenvalue weighted by molar-refractivity contribution is 8.03. The Morgan fingerprint density at radius 2 is 1.33 bits per heavy atom. The van der Waals surface area contributed by atoms with Crippen LogP contribution in [0.3, 0.4) is 0 Å². The van der Waals surface area contributed by atoms with E-state index >= 15 is 0 Å². The summed E-state index contributed by atoms with van der Waals surface area (Å²) in [6, 6.07) is 40.2. The lowest BCUT2D eigenvalue weighted by atomic mass is 9.98. The number of para-hydroxylation sites is 5. The number of anilines is 6. The van der Waals surface area contributed by atoms with E-state index in [9.17, 15) is 0 Å². The molecule has 1 aliphatic carbocycles. The van der Waals surface area contributed by atoms with Gasteiger partial charge in [-0.1, -0.05) is 72.4 Å². The molecular weight excluding hydrogens is 613 g/mol. The minimum atomic E-state index is 0.0266. The van der Waals surface area contributed by atoms with Gasteiger partial charge in [0.2, 0.25) is 0 Å². The van der Waals surface area contributed by atoms with Crippen LogP contribution in [0.1, 0.15) is 12.8 Å². The second-order valence-corrected chi connectivity index (χ2v) is 13.6. The van der Waals surface area contributed by atoms with Crippen LogP contribution in [0.4, 0.5) is 34.1 Å². The topological polar surface area (TPSA) is 40.2 Å². The zero-order chi connectivity index (χ0) is 31.3. The second-order valence-electron chi connectivity index (χ2n) is 12.5. The molecule has 1 atom stereocenters. The predicted molar refractivity (Wildman–Crippen MR) is 192 cm³/mol. The van der Waals surface area contributed by atoms with Gasteiger partial charge in [0.05, 0.1) is 33.7 Å². The highest BCUT2D eigenvalue weighted by Crippen LogP contribution is 2.60. The minimum Gasteiger partial charge on any atom is -0.453 e. The molecule has 5 aromatic carbocycles. The van der Waals surface area contributed by atoms with Crippen molar-refractivity contribution in [1.29, 1.82) is 0 Å². The first-order chi connectivity index (χ1) is 23.8. The molecule has 230 valence electrons. The number of thioether (sulfide) groups is 1. The number of benzene rings is 5. The first-order valence-electron chi connectivity index (χ1n) is 16.4. The monoisotopic (exact) mass is 640 g/mol. The molecule has 0 radical (unpaired) electrons. The zero-order valence-corrected chi connectivity index (χ0v) is 26.6. The molecule has 1 N–H and O–H groups in total. The number of rotatable bonds is 2. The molecule has 0 bridgehead atoms. The number of dihydropyridines is 1. The fourth-order valence-electron chi connectivity index (χ4n) is 7.79. The molecule has 1 fully saturated rings. The number of nitrogens with one attached hydrogen (secondary N) is 1. The van der Waals surface area contributed by atoms with Crippen LogP contribution in [0.15, 0.2) is 166 Å². The van der Waals surface area contributed by atoms with Crippen molar-refractivity contribution in [3.05, 3.63) is 161 Å². The molecule has 0 aromatic heterocycles. The van der Waals surface area contributed by atoms with E-state index in [0.29, 0.717) is 0 Å². The van der Waals surface area contributed by atoms with E-state index in [1.807, 2.05) is 42.1 Å². The van der Waals surface area contributed by atoms with Crippen LogP contribution in [-0.2, 0) is 0 Å². The maximum atomic E-state index is 6.66. The highest BCUT2D eigenvalue weighted by atomic mass is 32.2. The Kier molecular flexibility index (Phi) is 5.40. The van der Waals surface area contributed by atoms with Crippen LogP contribution in [0.2, 0.25) is 0 Å². The molecule has 1 unspecified atom stereocenters. The lowest BCUT2D eigenvalue weighted by molar-refractivity contribution is 0.446. The fourth-order valence-corrected chi connectivity index (χ4v) is 8.86. The molecular formula is C41H28N4O2S. The number of nitrogens with zero attached hydrogens (tertiary/aromatic N) is 3. The molecule has 6 aliphatic rings.